The second-order valence-corrected chi connectivity index (χ2v) is 5.06. The first-order valence-corrected chi connectivity index (χ1v) is 7.28. The van der Waals surface area contributed by atoms with E-state index in [1.54, 1.807) is 0 Å². The quantitative estimate of drug-likeness (QED) is 0.242. The zero-order chi connectivity index (χ0) is 18.0. The number of imide groups is 1. The molecule has 23 heavy (non-hydrogen) atoms. The van der Waals surface area contributed by atoms with Crippen LogP contribution in [0.25, 0.3) is 0 Å². The van der Waals surface area contributed by atoms with E-state index < -0.39 is 18.1 Å². The average molecular weight is 331 g/mol. The Morgan fingerprint density at radius 1 is 1.39 bits per heavy atom. The summed E-state index contributed by atoms with van der Waals surface area (Å²) in [5.74, 6) is -1.29. The maximum absolute atomic E-state index is 11.1. The van der Waals surface area contributed by atoms with Gasteiger partial charge in [-0.05, 0) is 25.7 Å². The van der Waals surface area contributed by atoms with Crippen LogP contribution < -0.4 is 17.2 Å². The van der Waals surface area contributed by atoms with Crippen LogP contribution in [0.5, 0.6) is 0 Å². The topological polar surface area (TPSA) is 185 Å². The predicted molar refractivity (Wildman–Crippen MR) is 83.7 cm³/mol. The minimum atomic E-state index is -1.12. The fraction of sp³-hybridized carbons (Fsp3) is 0.692. The number of likely N-dealkylation sites (tertiary alicyclic amines) is 1. The lowest BCUT2D eigenvalue weighted by Crippen LogP contribution is -2.32. The summed E-state index contributed by atoms with van der Waals surface area (Å²) in [5, 5.41) is 16.9. The number of nitrogens with zero attached hydrogens (tertiary/aromatic N) is 2. The molecule has 0 saturated carbocycles. The van der Waals surface area contributed by atoms with Gasteiger partial charge in [-0.2, -0.15) is 0 Å². The van der Waals surface area contributed by atoms with Crippen LogP contribution in [0.2, 0.25) is 0 Å². The number of hydrogen-bond acceptors (Lipinski definition) is 5. The standard InChI is InChI=1S/C7H11NO3.C6H14N4O2/c1-2-5-3-4-8(6(5)9)7(10)11;7-4(5(11)12)2-1-3-10-6(8)9/h5H,2-4H2,1H3,(H,10,11);4H,1-3,7H2,(H,11,12)(H4,8,9,10)/t;4-/m.0/s1. The van der Waals surface area contributed by atoms with Gasteiger partial charge in [-0.25, -0.2) is 9.69 Å². The summed E-state index contributed by atoms with van der Waals surface area (Å²) < 4.78 is 0. The van der Waals surface area contributed by atoms with Crippen LogP contribution in [0.4, 0.5) is 4.79 Å². The number of carbonyl (C=O) groups excluding carboxylic acids is 1. The zero-order valence-corrected chi connectivity index (χ0v) is 13.1. The highest BCUT2D eigenvalue weighted by molar-refractivity contribution is 5.94. The SMILES string of the molecule is CCC1CCN(C(=O)O)C1=O.NC(N)=NCCC[C@H](N)C(=O)O. The van der Waals surface area contributed by atoms with Gasteiger partial charge in [0.25, 0.3) is 0 Å². The first-order chi connectivity index (χ1) is 10.7. The van der Waals surface area contributed by atoms with Crippen LogP contribution in [-0.4, -0.2) is 58.2 Å². The van der Waals surface area contributed by atoms with Crippen LogP contribution >= 0.6 is 0 Å². The lowest BCUT2D eigenvalue weighted by Gasteiger charge is -2.08. The Morgan fingerprint density at radius 3 is 2.35 bits per heavy atom. The molecule has 0 aromatic heterocycles. The molecule has 8 N–H and O–H groups in total. The van der Waals surface area contributed by atoms with Gasteiger partial charge in [0.15, 0.2) is 5.96 Å². The Bertz CT molecular complexity index is 450. The summed E-state index contributed by atoms with van der Waals surface area (Å²) in [4.78, 5) is 36.3. The summed E-state index contributed by atoms with van der Waals surface area (Å²) in [6.45, 7) is 2.68. The minimum Gasteiger partial charge on any atom is -0.480 e. The maximum Gasteiger partial charge on any atom is 0.414 e. The van der Waals surface area contributed by atoms with Gasteiger partial charge in [0.2, 0.25) is 5.91 Å². The summed E-state index contributed by atoms with van der Waals surface area (Å²) in [6.07, 6.45) is 1.26. The fourth-order valence-electron chi connectivity index (χ4n) is 1.95. The highest BCUT2D eigenvalue weighted by Gasteiger charge is 2.33. The van der Waals surface area contributed by atoms with E-state index in [4.69, 9.17) is 27.4 Å². The second-order valence-electron chi connectivity index (χ2n) is 5.06. The summed E-state index contributed by atoms with van der Waals surface area (Å²) in [6, 6.07) is -0.820. The Hall–Kier alpha value is -2.36. The predicted octanol–water partition coefficient (Wildman–Crippen LogP) is -0.625. The smallest absolute Gasteiger partial charge is 0.414 e. The van der Waals surface area contributed by atoms with Gasteiger partial charge in [0.1, 0.15) is 6.04 Å². The molecule has 2 amide bonds. The number of carboxylic acid groups (broad SMARTS) is 2. The largest absolute Gasteiger partial charge is 0.480 e. The molecule has 0 aromatic carbocycles. The summed E-state index contributed by atoms with van der Waals surface area (Å²) >= 11 is 0. The van der Waals surface area contributed by atoms with Gasteiger partial charge in [-0.3, -0.25) is 14.6 Å². The van der Waals surface area contributed by atoms with Crippen molar-refractivity contribution in [2.75, 3.05) is 13.1 Å². The van der Waals surface area contributed by atoms with Crippen LogP contribution in [0.15, 0.2) is 4.99 Å². The van der Waals surface area contributed by atoms with E-state index in [0.29, 0.717) is 32.4 Å². The van der Waals surface area contributed by atoms with E-state index in [2.05, 4.69) is 4.99 Å². The van der Waals surface area contributed by atoms with Gasteiger partial charge in [0.05, 0.1) is 0 Å². The number of amides is 2. The van der Waals surface area contributed by atoms with Crippen molar-refractivity contribution in [3.8, 4) is 0 Å². The molecular formula is C13H25N5O5. The van der Waals surface area contributed by atoms with Gasteiger partial charge in [0, 0.05) is 19.0 Å². The number of aliphatic imine (C=N–C) groups is 1. The van der Waals surface area contributed by atoms with Crippen molar-refractivity contribution in [2.45, 2.75) is 38.6 Å². The van der Waals surface area contributed by atoms with Crippen molar-refractivity contribution in [2.24, 2.45) is 28.1 Å². The van der Waals surface area contributed by atoms with Gasteiger partial charge in [-0.15, -0.1) is 0 Å². The number of carboxylic acids is 1. The van der Waals surface area contributed by atoms with Crippen LogP contribution in [0, 0.1) is 5.92 Å². The van der Waals surface area contributed by atoms with Crippen molar-refractivity contribution in [3.05, 3.63) is 0 Å². The van der Waals surface area contributed by atoms with Gasteiger partial charge in [-0.1, -0.05) is 6.92 Å². The first kappa shape index (κ1) is 20.6. The van der Waals surface area contributed by atoms with Crippen molar-refractivity contribution < 1.29 is 24.6 Å². The van der Waals surface area contributed by atoms with E-state index in [1.165, 1.54) is 0 Å². The number of hydrogen-bond donors (Lipinski definition) is 5. The molecule has 0 spiro atoms. The molecule has 1 rings (SSSR count). The van der Waals surface area contributed by atoms with Crippen LogP contribution in [-0.2, 0) is 9.59 Å². The summed E-state index contributed by atoms with van der Waals surface area (Å²) in [5.41, 5.74) is 15.3. The highest BCUT2D eigenvalue weighted by Crippen LogP contribution is 2.20. The van der Waals surface area contributed by atoms with E-state index in [9.17, 15) is 14.4 Å². The molecule has 1 aliphatic rings. The fourth-order valence-corrected chi connectivity index (χ4v) is 1.95. The Balaban J connectivity index is 0.000000422. The normalized spacial score (nSPS) is 17.9. The molecule has 0 aromatic rings. The molecule has 2 atom stereocenters. The Labute approximate surface area is 134 Å². The third-order valence-electron chi connectivity index (χ3n) is 3.32. The third kappa shape index (κ3) is 8.00. The number of guanidine groups is 1. The minimum absolute atomic E-state index is 0.0129. The molecule has 1 saturated heterocycles. The maximum atomic E-state index is 11.1. The molecule has 1 unspecified atom stereocenters. The molecule has 10 heteroatoms. The van der Waals surface area contributed by atoms with E-state index in [-0.39, 0.29) is 17.8 Å². The number of aliphatic carboxylic acids is 1. The van der Waals surface area contributed by atoms with Crippen molar-refractivity contribution in [3.63, 3.8) is 0 Å². The number of carbonyl (C=O) groups is 3. The molecule has 1 heterocycles. The summed E-state index contributed by atoms with van der Waals surface area (Å²) in [7, 11) is 0. The van der Waals surface area contributed by atoms with E-state index >= 15 is 0 Å². The molecule has 1 aliphatic heterocycles. The van der Waals surface area contributed by atoms with Crippen LogP contribution in [0.3, 0.4) is 0 Å². The molecule has 0 aliphatic carbocycles. The lowest BCUT2D eigenvalue weighted by atomic mass is 10.1. The first-order valence-electron chi connectivity index (χ1n) is 7.28. The molecule has 0 radical (unpaired) electrons. The molecule has 1 fully saturated rings. The molecule has 0 bridgehead atoms. The lowest BCUT2D eigenvalue weighted by molar-refractivity contribution is -0.138. The van der Waals surface area contributed by atoms with Crippen LogP contribution in [0.1, 0.15) is 32.6 Å². The van der Waals surface area contributed by atoms with E-state index in [1.807, 2.05) is 6.92 Å². The zero-order valence-electron chi connectivity index (χ0n) is 13.1. The molecular weight excluding hydrogens is 306 g/mol. The van der Waals surface area contributed by atoms with E-state index in [0.717, 1.165) is 11.3 Å². The monoisotopic (exact) mass is 331 g/mol. The molecule has 10 nitrogen and oxygen atoms in total. The Kier molecular flexibility index (Phi) is 9.31. The third-order valence-corrected chi connectivity index (χ3v) is 3.32. The average Bonchev–Trinajstić information content (AvgIpc) is 2.84. The van der Waals surface area contributed by atoms with Crippen molar-refractivity contribution in [1.29, 1.82) is 0 Å². The second kappa shape index (κ2) is 10.4. The molecule has 132 valence electrons. The Morgan fingerprint density at radius 2 is 2.00 bits per heavy atom. The number of rotatable bonds is 6. The van der Waals surface area contributed by atoms with Crippen molar-refractivity contribution in [1.82, 2.24) is 4.90 Å². The highest BCUT2D eigenvalue weighted by atomic mass is 16.4. The number of nitrogens with two attached hydrogens (primary N) is 3. The van der Waals surface area contributed by atoms with Crippen molar-refractivity contribution >= 4 is 23.9 Å². The van der Waals surface area contributed by atoms with Gasteiger partial charge < -0.3 is 27.4 Å². The van der Waals surface area contributed by atoms with Gasteiger partial charge >= 0.3 is 12.1 Å².